The van der Waals surface area contributed by atoms with Gasteiger partial charge in [0.1, 0.15) is 0 Å². The molecule has 2 atom stereocenters. The van der Waals surface area contributed by atoms with E-state index in [1.807, 2.05) is 0 Å². The van der Waals surface area contributed by atoms with Gasteiger partial charge in [0, 0.05) is 11.4 Å². The lowest BCUT2D eigenvalue weighted by Crippen LogP contribution is -2.50. The second kappa shape index (κ2) is 6.75. The summed E-state index contributed by atoms with van der Waals surface area (Å²) in [4.78, 5) is 0. The van der Waals surface area contributed by atoms with Crippen LogP contribution in [0.4, 0.5) is 0 Å². The molecule has 1 aliphatic carbocycles. The van der Waals surface area contributed by atoms with E-state index in [2.05, 4.69) is 19.2 Å². The second-order valence-corrected chi connectivity index (χ2v) is 5.52. The van der Waals surface area contributed by atoms with E-state index in [0.29, 0.717) is 0 Å². The van der Waals surface area contributed by atoms with E-state index in [0.717, 1.165) is 18.3 Å². The van der Waals surface area contributed by atoms with Crippen LogP contribution in [0, 0.1) is 5.92 Å². The van der Waals surface area contributed by atoms with Crippen molar-refractivity contribution in [2.24, 2.45) is 5.92 Å². The van der Waals surface area contributed by atoms with Gasteiger partial charge >= 0.3 is 0 Å². The highest BCUT2D eigenvalue weighted by molar-refractivity contribution is 6.18. The smallest absolute Gasteiger partial charge is 0.0406 e. The van der Waals surface area contributed by atoms with Crippen LogP contribution in [0.25, 0.3) is 0 Å². The lowest BCUT2D eigenvalue weighted by molar-refractivity contribution is 0.209. The number of hydrogen-bond donors (Lipinski definition) is 1. The van der Waals surface area contributed by atoms with Crippen LogP contribution in [0.5, 0.6) is 0 Å². The SMILES string of the molecule is CCCCCNC1(CCl)CCCC(C)C1. The first-order valence-electron chi connectivity index (χ1n) is 6.53. The summed E-state index contributed by atoms with van der Waals surface area (Å²) in [5.74, 6) is 1.62. The van der Waals surface area contributed by atoms with Crippen molar-refractivity contribution in [1.82, 2.24) is 5.32 Å². The van der Waals surface area contributed by atoms with E-state index in [-0.39, 0.29) is 5.54 Å². The molecule has 1 aliphatic rings. The third kappa shape index (κ3) is 4.32. The number of unbranched alkanes of at least 4 members (excludes halogenated alkanes) is 2. The van der Waals surface area contributed by atoms with Gasteiger partial charge in [-0.05, 0) is 31.7 Å². The van der Waals surface area contributed by atoms with Crippen LogP contribution in [-0.4, -0.2) is 18.0 Å². The van der Waals surface area contributed by atoms with Crippen molar-refractivity contribution in [3.05, 3.63) is 0 Å². The molecule has 1 N–H and O–H groups in total. The minimum Gasteiger partial charge on any atom is -0.310 e. The zero-order chi connectivity index (χ0) is 11.1. The molecule has 90 valence electrons. The molecule has 1 fully saturated rings. The van der Waals surface area contributed by atoms with Crippen LogP contribution < -0.4 is 5.32 Å². The first-order valence-corrected chi connectivity index (χ1v) is 7.07. The van der Waals surface area contributed by atoms with E-state index in [9.17, 15) is 0 Å². The molecular weight excluding hydrogens is 206 g/mol. The Hall–Kier alpha value is 0.250. The topological polar surface area (TPSA) is 12.0 Å². The molecule has 1 saturated carbocycles. The maximum absolute atomic E-state index is 6.15. The molecule has 0 heterocycles. The van der Waals surface area contributed by atoms with Gasteiger partial charge in [0.25, 0.3) is 0 Å². The summed E-state index contributed by atoms with van der Waals surface area (Å²) in [6, 6.07) is 0. The Morgan fingerprint density at radius 1 is 1.40 bits per heavy atom. The molecular formula is C13H26ClN. The number of halogens is 1. The molecule has 1 nitrogen and oxygen atoms in total. The molecule has 2 heteroatoms. The highest BCUT2D eigenvalue weighted by atomic mass is 35.5. The average molecular weight is 232 g/mol. The number of rotatable bonds is 6. The number of hydrogen-bond acceptors (Lipinski definition) is 1. The Bertz CT molecular complexity index is 172. The van der Waals surface area contributed by atoms with Gasteiger partial charge in [-0.1, -0.05) is 39.5 Å². The van der Waals surface area contributed by atoms with Crippen LogP contribution in [-0.2, 0) is 0 Å². The molecule has 0 radical (unpaired) electrons. The Kier molecular flexibility index (Phi) is 5.99. The van der Waals surface area contributed by atoms with Crippen LogP contribution in [0.2, 0.25) is 0 Å². The lowest BCUT2D eigenvalue weighted by atomic mass is 9.77. The monoisotopic (exact) mass is 231 g/mol. The third-order valence-corrected chi connectivity index (χ3v) is 4.14. The van der Waals surface area contributed by atoms with Crippen molar-refractivity contribution in [2.75, 3.05) is 12.4 Å². The summed E-state index contributed by atoms with van der Waals surface area (Å²) in [6.45, 7) is 5.75. The molecule has 2 unspecified atom stereocenters. The summed E-state index contributed by atoms with van der Waals surface area (Å²) in [5.41, 5.74) is 0.257. The predicted molar refractivity (Wildman–Crippen MR) is 68.6 cm³/mol. The highest BCUT2D eigenvalue weighted by Gasteiger charge is 2.33. The third-order valence-electron chi connectivity index (χ3n) is 3.63. The molecule has 0 saturated heterocycles. The van der Waals surface area contributed by atoms with Crippen LogP contribution >= 0.6 is 11.6 Å². The minimum absolute atomic E-state index is 0.257. The predicted octanol–water partition coefficient (Wildman–Crippen LogP) is 3.95. The summed E-state index contributed by atoms with van der Waals surface area (Å²) >= 11 is 6.15. The van der Waals surface area contributed by atoms with Gasteiger partial charge in [-0.2, -0.15) is 0 Å². The molecule has 1 rings (SSSR count). The molecule has 0 amide bonds. The minimum atomic E-state index is 0.257. The van der Waals surface area contributed by atoms with E-state index in [4.69, 9.17) is 11.6 Å². The van der Waals surface area contributed by atoms with E-state index in [1.54, 1.807) is 0 Å². The Labute approximate surface area is 100.0 Å². The van der Waals surface area contributed by atoms with Crippen LogP contribution in [0.15, 0.2) is 0 Å². The van der Waals surface area contributed by atoms with Gasteiger partial charge in [0.2, 0.25) is 0 Å². The molecule has 0 aromatic carbocycles. The van der Waals surface area contributed by atoms with Crippen molar-refractivity contribution in [3.63, 3.8) is 0 Å². The first-order chi connectivity index (χ1) is 7.22. The second-order valence-electron chi connectivity index (χ2n) is 5.25. The molecule has 0 aromatic heterocycles. The maximum atomic E-state index is 6.15. The van der Waals surface area contributed by atoms with Crippen molar-refractivity contribution in [1.29, 1.82) is 0 Å². The fraction of sp³-hybridized carbons (Fsp3) is 1.00. The van der Waals surface area contributed by atoms with Crippen molar-refractivity contribution < 1.29 is 0 Å². The van der Waals surface area contributed by atoms with Gasteiger partial charge in [0.05, 0.1) is 0 Å². The van der Waals surface area contributed by atoms with Crippen LogP contribution in [0.3, 0.4) is 0 Å². The standard InChI is InChI=1S/C13H26ClN/c1-3-4-5-9-15-13(11-14)8-6-7-12(2)10-13/h12,15H,3-11H2,1-2H3. The average Bonchev–Trinajstić information content (AvgIpc) is 2.25. The largest absolute Gasteiger partial charge is 0.310 e. The Balaban J connectivity index is 2.31. The maximum Gasteiger partial charge on any atom is 0.0406 e. The number of alkyl halides is 1. The quantitative estimate of drug-likeness (QED) is 0.539. The number of nitrogens with one attached hydrogen (secondary N) is 1. The lowest BCUT2D eigenvalue weighted by Gasteiger charge is -2.39. The van der Waals surface area contributed by atoms with Crippen molar-refractivity contribution in [3.8, 4) is 0 Å². The fourth-order valence-corrected chi connectivity index (χ4v) is 3.06. The summed E-state index contributed by atoms with van der Waals surface area (Å²) in [6.07, 6.45) is 9.19. The van der Waals surface area contributed by atoms with E-state index < -0.39 is 0 Å². The highest BCUT2D eigenvalue weighted by Crippen LogP contribution is 2.33. The molecule has 0 bridgehead atoms. The normalized spacial score (nSPS) is 31.8. The van der Waals surface area contributed by atoms with Crippen LogP contribution in [0.1, 0.15) is 58.8 Å². The Morgan fingerprint density at radius 2 is 2.20 bits per heavy atom. The summed E-state index contributed by atoms with van der Waals surface area (Å²) in [5, 5.41) is 3.72. The van der Waals surface area contributed by atoms with Gasteiger partial charge < -0.3 is 5.32 Å². The Morgan fingerprint density at radius 3 is 2.80 bits per heavy atom. The first kappa shape index (κ1) is 13.3. The zero-order valence-electron chi connectivity index (χ0n) is 10.3. The van der Waals surface area contributed by atoms with Gasteiger partial charge in [-0.25, -0.2) is 0 Å². The van der Waals surface area contributed by atoms with Gasteiger partial charge in [-0.3, -0.25) is 0 Å². The fourth-order valence-electron chi connectivity index (χ4n) is 2.72. The molecule has 0 aromatic rings. The molecule has 15 heavy (non-hydrogen) atoms. The van der Waals surface area contributed by atoms with Gasteiger partial charge in [-0.15, -0.1) is 11.6 Å². The van der Waals surface area contributed by atoms with Crippen molar-refractivity contribution >= 4 is 11.6 Å². The van der Waals surface area contributed by atoms with Gasteiger partial charge in [0.15, 0.2) is 0 Å². The summed E-state index contributed by atoms with van der Waals surface area (Å²) < 4.78 is 0. The van der Waals surface area contributed by atoms with E-state index in [1.165, 1.54) is 44.9 Å². The molecule has 0 aliphatic heterocycles. The summed E-state index contributed by atoms with van der Waals surface area (Å²) in [7, 11) is 0. The zero-order valence-corrected chi connectivity index (χ0v) is 11.1. The van der Waals surface area contributed by atoms with E-state index >= 15 is 0 Å². The molecule has 0 spiro atoms. The van der Waals surface area contributed by atoms with Crippen molar-refractivity contribution in [2.45, 2.75) is 64.3 Å².